The van der Waals surface area contributed by atoms with Crippen molar-refractivity contribution in [3.8, 4) is 0 Å². The van der Waals surface area contributed by atoms with Crippen molar-refractivity contribution in [2.45, 2.75) is 62.2 Å². The highest BCUT2D eigenvalue weighted by Crippen LogP contribution is 2.61. The van der Waals surface area contributed by atoms with Gasteiger partial charge in [0.2, 0.25) is 12.2 Å². The minimum absolute atomic E-state index is 0.110. The van der Waals surface area contributed by atoms with E-state index >= 15 is 0 Å². The maximum Gasteiger partial charge on any atom is 0.483 e. The quantitative estimate of drug-likeness (QED) is 0.146. The average molecular weight is 591 g/mol. The van der Waals surface area contributed by atoms with Gasteiger partial charge < -0.3 is 45.4 Å². The number of rotatable bonds is 8. The largest absolute Gasteiger partial charge is 0.483 e. The number of nitrogens with one attached hydrogen (secondary N) is 1. The highest BCUT2D eigenvalue weighted by molar-refractivity contribution is 7.61. The maximum atomic E-state index is 14.1. The molecule has 2 saturated heterocycles. The number of H-pyrrole nitrogens is 1. The number of ether oxygens (including phenoxy) is 2. The molecule has 38 heavy (non-hydrogen) atoms. The molecule has 2 fully saturated rings. The van der Waals surface area contributed by atoms with Crippen LogP contribution >= 0.6 is 15.6 Å². The van der Waals surface area contributed by atoms with E-state index in [4.69, 9.17) is 15.2 Å². The van der Waals surface area contributed by atoms with Crippen LogP contribution in [0.25, 0.3) is 11.2 Å². The molecule has 0 radical (unpaired) electrons. The first-order valence-corrected chi connectivity index (χ1v) is 13.7. The van der Waals surface area contributed by atoms with E-state index in [0.717, 1.165) is 10.9 Å². The normalized spacial score (nSPS) is 37.2. The minimum atomic E-state index is -5.58. The van der Waals surface area contributed by atoms with E-state index in [1.165, 1.54) is 6.92 Å². The Morgan fingerprint density at radius 3 is 2.50 bits per heavy atom. The Morgan fingerprint density at radius 2 is 1.82 bits per heavy atom. The zero-order valence-electron chi connectivity index (χ0n) is 19.1. The predicted octanol–water partition coefficient (Wildman–Crippen LogP) is -2.62. The van der Waals surface area contributed by atoms with Crippen molar-refractivity contribution in [2.75, 3.05) is 12.3 Å². The number of aliphatic hydroxyl groups excluding tert-OH is 4. The van der Waals surface area contributed by atoms with Crippen LogP contribution in [0.3, 0.4) is 0 Å². The topological polar surface area (TPSA) is 291 Å². The molecule has 3 unspecified atom stereocenters. The van der Waals surface area contributed by atoms with Crippen molar-refractivity contribution in [2.24, 2.45) is 0 Å². The number of phosphoric acid groups is 2. The van der Waals surface area contributed by atoms with Gasteiger partial charge in [0, 0.05) is 0 Å². The van der Waals surface area contributed by atoms with Gasteiger partial charge in [-0.1, -0.05) is 0 Å². The Balaban J connectivity index is 1.39. The van der Waals surface area contributed by atoms with Gasteiger partial charge in [0.15, 0.2) is 23.6 Å². The van der Waals surface area contributed by atoms with Crippen molar-refractivity contribution in [3.63, 3.8) is 0 Å². The standard InChI is InChI=1S/C16H24FN5O14P2/c1-4-8(23)10(25)6(17)15(33-4)35-38(30,31)36-37(28,29)32-2-5-9(24)11(26)14(34-5)22-3-19-7-12(22)20-16(18)21-13(7)27/h3-6,8-11,14-15,23-26H,2H2,1H3,(H,28,29)(H,30,31)(H3,18,20,21,27)/t4-,5+,6-,8+,9+,10-,11+,14?,15-/m0/s1. The number of fused-ring (bicyclic) bond motifs is 1. The van der Waals surface area contributed by atoms with E-state index < -0.39 is 83.1 Å². The predicted molar refractivity (Wildman–Crippen MR) is 118 cm³/mol. The van der Waals surface area contributed by atoms with Crippen LogP contribution in [0.1, 0.15) is 13.2 Å². The number of nitrogens with zero attached hydrogens (tertiary/aromatic N) is 3. The molecule has 0 saturated carbocycles. The molecule has 0 aliphatic carbocycles. The number of imidazole rings is 1. The average Bonchev–Trinajstić information content (AvgIpc) is 3.35. The number of aromatic amines is 1. The third-order valence-electron chi connectivity index (χ3n) is 5.67. The fraction of sp³-hybridized carbons (Fsp3) is 0.688. The molecule has 2 aromatic heterocycles. The number of aromatic nitrogens is 4. The number of hydrogen-bond donors (Lipinski definition) is 8. The first-order chi connectivity index (χ1) is 17.6. The van der Waals surface area contributed by atoms with E-state index in [2.05, 4.69) is 28.3 Å². The summed E-state index contributed by atoms with van der Waals surface area (Å²) in [7, 11) is -11.1. The van der Waals surface area contributed by atoms with E-state index in [0.29, 0.717) is 0 Å². The fourth-order valence-corrected chi connectivity index (χ4v) is 5.92. The van der Waals surface area contributed by atoms with Crippen molar-refractivity contribution in [1.29, 1.82) is 0 Å². The number of nitrogen functional groups attached to an aromatic ring is 1. The van der Waals surface area contributed by atoms with Crippen LogP contribution in [-0.2, 0) is 32.0 Å². The molecule has 214 valence electrons. The number of phosphoric ester groups is 2. The molecule has 2 aliphatic heterocycles. The van der Waals surface area contributed by atoms with Crippen molar-refractivity contribution < 1.29 is 66.6 Å². The second-order valence-electron chi connectivity index (χ2n) is 8.38. The smallest absolute Gasteiger partial charge is 0.388 e. The summed E-state index contributed by atoms with van der Waals surface area (Å²) in [6, 6.07) is 0. The Hall–Kier alpha value is -1.90. The number of nitrogens with two attached hydrogens (primary N) is 1. The third-order valence-corrected chi connectivity index (χ3v) is 8.27. The first kappa shape index (κ1) is 29.1. The number of alkyl halides is 1. The summed E-state index contributed by atoms with van der Waals surface area (Å²) in [6.07, 6.45) is -15.1. The Morgan fingerprint density at radius 1 is 1.13 bits per heavy atom. The Kier molecular flexibility index (Phi) is 8.10. The molecular weight excluding hydrogens is 567 g/mol. The van der Waals surface area contributed by atoms with Gasteiger partial charge in [-0.05, 0) is 6.92 Å². The summed E-state index contributed by atoms with van der Waals surface area (Å²) in [5.74, 6) is -0.274. The van der Waals surface area contributed by atoms with Gasteiger partial charge in [0.25, 0.3) is 5.56 Å². The molecule has 2 aliphatic rings. The lowest BCUT2D eigenvalue weighted by Crippen LogP contribution is -2.55. The van der Waals surface area contributed by atoms with Crippen LogP contribution in [0.15, 0.2) is 11.1 Å². The third kappa shape index (κ3) is 5.82. The highest BCUT2D eigenvalue weighted by atomic mass is 31.3. The molecular formula is C16H24FN5O14P2. The van der Waals surface area contributed by atoms with Crippen LogP contribution in [0.4, 0.5) is 10.3 Å². The van der Waals surface area contributed by atoms with Crippen LogP contribution < -0.4 is 11.3 Å². The molecule has 19 nitrogen and oxygen atoms in total. The molecule has 4 rings (SSSR count). The van der Waals surface area contributed by atoms with E-state index in [1.54, 1.807) is 0 Å². The molecule has 0 aromatic carbocycles. The monoisotopic (exact) mass is 591 g/mol. The molecule has 2 aromatic rings. The molecule has 11 atom stereocenters. The molecule has 4 heterocycles. The van der Waals surface area contributed by atoms with E-state index in [-0.39, 0.29) is 17.1 Å². The maximum absolute atomic E-state index is 14.1. The summed E-state index contributed by atoms with van der Waals surface area (Å²) < 4.78 is 63.0. The lowest BCUT2D eigenvalue weighted by Gasteiger charge is -2.37. The molecule has 0 spiro atoms. The summed E-state index contributed by atoms with van der Waals surface area (Å²) in [5.41, 5.74) is 4.55. The zero-order chi connectivity index (χ0) is 28.2. The van der Waals surface area contributed by atoms with Crippen LogP contribution in [0, 0.1) is 0 Å². The summed E-state index contributed by atoms with van der Waals surface area (Å²) >= 11 is 0. The SMILES string of the molecule is C[C@@H]1O[C@@H](OP(=O)(O)OP(=O)(O)OC[C@H]2OC(n3cnc4c(=O)[nH]c(N)nc43)[C@H](O)[C@@H]2O)[C@@H](F)[C@H](O)[C@@H]1O. The lowest BCUT2D eigenvalue weighted by molar-refractivity contribution is -0.254. The fourth-order valence-electron chi connectivity index (χ4n) is 3.78. The van der Waals surface area contributed by atoms with Gasteiger partial charge in [-0.3, -0.25) is 23.4 Å². The van der Waals surface area contributed by atoms with Gasteiger partial charge >= 0.3 is 15.6 Å². The van der Waals surface area contributed by atoms with Gasteiger partial charge in [-0.2, -0.15) is 9.29 Å². The number of aliphatic hydroxyl groups is 4. The minimum Gasteiger partial charge on any atom is -0.388 e. The number of hydrogen-bond acceptors (Lipinski definition) is 15. The summed E-state index contributed by atoms with van der Waals surface area (Å²) in [6.45, 7) is 0.211. The van der Waals surface area contributed by atoms with Crippen molar-refractivity contribution in [3.05, 3.63) is 16.7 Å². The van der Waals surface area contributed by atoms with Gasteiger partial charge in [-0.15, -0.1) is 0 Å². The molecule has 22 heteroatoms. The van der Waals surface area contributed by atoms with Gasteiger partial charge in [-0.25, -0.2) is 18.5 Å². The molecule has 9 N–H and O–H groups in total. The number of halogens is 1. The number of anilines is 1. The van der Waals surface area contributed by atoms with Crippen molar-refractivity contribution in [1.82, 2.24) is 19.5 Å². The second kappa shape index (κ2) is 10.6. The first-order valence-electron chi connectivity index (χ1n) is 10.7. The van der Waals surface area contributed by atoms with Crippen molar-refractivity contribution >= 4 is 32.8 Å². The Bertz CT molecular complexity index is 1330. The van der Waals surface area contributed by atoms with Crippen LogP contribution in [0.5, 0.6) is 0 Å². The zero-order valence-corrected chi connectivity index (χ0v) is 20.9. The van der Waals surface area contributed by atoms with Gasteiger partial charge in [0.1, 0.15) is 30.5 Å². The Labute approximate surface area is 210 Å². The summed E-state index contributed by atoms with van der Waals surface area (Å²) in [4.78, 5) is 41.5. The van der Waals surface area contributed by atoms with Crippen LogP contribution in [-0.4, -0.2) is 105 Å². The van der Waals surface area contributed by atoms with E-state index in [9.17, 15) is 48.5 Å². The summed E-state index contributed by atoms with van der Waals surface area (Å²) in [5, 5.41) is 39.9. The van der Waals surface area contributed by atoms with Crippen LogP contribution in [0.2, 0.25) is 0 Å². The second-order valence-corrected chi connectivity index (χ2v) is 11.4. The lowest BCUT2D eigenvalue weighted by atomic mass is 10.0. The molecule has 0 amide bonds. The molecule has 0 bridgehead atoms. The van der Waals surface area contributed by atoms with Gasteiger partial charge in [0.05, 0.1) is 19.0 Å². The highest BCUT2D eigenvalue weighted by Gasteiger charge is 2.49. The van der Waals surface area contributed by atoms with E-state index in [1.807, 2.05) is 0 Å².